The number of aliphatic hydroxyl groups is 8. The summed E-state index contributed by atoms with van der Waals surface area (Å²) in [7, 11) is 0. The van der Waals surface area contributed by atoms with Crippen LogP contribution in [0.2, 0.25) is 0 Å². The number of aliphatic hydroxyl groups excluding tert-OH is 8. The fraction of sp³-hybridized carbons (Fsp3) is 0.882. The van der Waals surface area contributed by atoms with Crippen LogP contribution in [0.4, 0.5) is 0 Å². The van der Waals surface area contributed by atoms with Crippen molar-refractivity contribution in [1.29, 1.82) is 0 Å². The normalized spacial score (nSPS) is 42.2. The molecule has 0 aromatic rings. The summed E-state index contributed by atoms with van der Waals surface area (Å²) in [5.41, 5.74) is 0. The molecule has 0 saturated carbocycles. The zero-order chi connectivity index (χ0) is 24.4. The molecule has 2 saturated heterocycles. The van der Waals surface area contributed by atoms with Gasteiger partial charge in [-0.3, -0.25) is 4.79 Å². The monoisotopic (exact) mass is 471 g/mol. The van der Waals surface area contributed by atoms with Crippen LogP contribution >= 0.6 is 0 Å². The molecular weight excluding hydrogens is 442 g/mol. The van der Waals surface area contributed by atoms with E-state index < -0.39 is 98.5 Å². The number of rotatable bonds is 8. The Bertz CT molecular complexity index is 663. The Labute approximate surface area is 181 Å². The SMILES string of the molecule is CC(=O)N[C@H]1[C@H]([C@H](O)[C@H](O)CO)O[C@](OC2O[C@H](CO)[C@H](O)[C@H](O)[C@H]2O)(C(=O)O)C[C@@H]1O. The maximum atomic E-state index is 12.1. The molecule has 1 amide bonds. The topological polar surface area (TPSA) is 256 Å². The predicted octanol–water partition coefficient (Wildman–Crippen LogP) is -6.05. The van der Waals surface area contributed by atoms with Gasteiger partial charge < -0.3 is 65.5 Å². The average Bonchev–Trinajstić information content (AvgIpc) is 2.74. The summed E-state index contributed by atoms with van der Waals surface area (Å²) in [6, 6.07) is -1.44. The van der Waals surface area contributed by atoms with Crippen molar-refractivity contribution in [2.45, 2.75) is 80.3 Å². The summed E-state index contributed by atoms with van der Waals surface area (Å²) in [4.78, 5) is 23.6. The Kier molecular flexibility index (Phi) is 8.88. The molecule has 2 rings (SSSR count). The van der Waals surface area contributed by atoms with Crippen LogP contribution in [-0.4, -0.2) is 138 Å². The first-order valence-corrected chi connectivity index (χ1v) is 9.70. The van der Waals surface area contributed by atoms with Gasteiger partial charge in [-0.1, -0.05) is 0 Å². The summed E-state index contributed by atoms with van der Waals surface area (Å²) in [5, 5.41) is 91.0. The first-order valence-electron chi connectivity index (χ1n) is 9.70. The lowest BCUT2D eigenvalue weighted by Crippen LogP contribution is -2.69. The van der Waals surface area contributed by atoms with E-state index in [2.05, 4.69) is 5.32 Å². The molecule has 15 nitrogen and oxygen atoms in total. The van der Waals surface area contributed by atoms with Crippen LogP contribution in [0.1, 0.15) is 13.3 Å². The summed E-state index contributed by atoms with van der Waals surface area (Å²) in [6.07, 6.45) is -17.4. The molecule has 0 aromatic carbocycles. The third-order valence-electron chi connectivity index (χ3n) is 5.34. The summed E-state index contributed by atoms with van der Waals surface area (Å²) in [6.45, 7) is -0.733. The number of hydrogen-bond acceptors (Lipinski definition) is 13. The lowest BCUT2D eigenvalue weighted by Gasteiger charge is -2.49. The lowest BCUT2D eigenvalue weighted by molar-refractivity contribution is -0.387. The number of carboxylic acids is 1. The van der Waals surface area contributed by atoms with Crippen LogP contribution in [-0.2, 0) is 23.8 Å². The van der Waals surface area contributed by atoms with Crippen molar-refractivity contribution in [3.8, 4) is 0 Å². The van der Waals surface area contributed by atoms with Crippen LogP contribution in [0.15, 0.2) is 0 Å². The number of carbonyl (C=O) groups excluding carboxylic acids is 1. The second kappa shape index (κ2) is 10.6. The van der Waals surface area contributed by atoms with Crippen molar-refractivity contribution in [1.82, 2.24) is 5.32 Å². The fourth-order valence-corrected chi connectivity index (χ4v) is 3.60. The number of amides is 1. The minimum Gasteiger partial charge on any atom is -0.477 e. The maximum absolute atomic E-state index is 12.1. The quantitative estimate of drug-likeness (QED) is 0.158. The summed E-state index contributed by atoms with van der Waals surface area (Å²) >= 11 is 0. The Balaban J connectivity index is 2.39. The molecule has 0 aromatic heterocycles. The molecule has 15 heteroatoms. The Morgan fingerprint density at radius 1 is 1.12 bits per heavy atom. The van der Waals surface area contributed by atoms with E-state index in [1.807, 2.05) is 0 Å². The summed E-state index contributed by atoms with van der Waals surface area (Å²) < 4.78 is 15.7. The van der Waals surface area contributed by atoms with E-state index in [-0.39, 0.29) is 0 Å². The van der Waals surface area contributed by atoms with Crippen molar-refractivity contribution < 1.29 is 69.8 Å². The molecule has 186 valence electrons. The molecule has 2 heterocycles. The van der Waals surface area contributed by atoms with Crippen LogP contribution in [0, 0.1) is 0 Å². The van der Waals surface area contributed by atoms with Gasteiger partial charge in [-0.15, -0.1) is 0 Å². The molecule has 2 aliphatic heterocycles. The van der Waals surface area contributed by atoms with Crippen molar-refractivity contribution in [2.75, 3.05) is 13.2 Å². The zero-order valence-electron chi connectivity index (χ0n) is 17.0. The standard InChI is InChI=1S/C17H29NO14/c1-5(21)18-9-6(22)2-17(16(28)29,31-14(9)10(24)7(23)3-19)32-15-13(27)12(26)11(25)8(4-20)30-15/h6-15,19-20,22-27H,2-4H2,1H3,(H,18,21)(H,28,29)/t6-,7+,8+,9+,10+,11-,12-,13+,14+,15?,17+/m0/s1. The van der Waals surface area contributed by atoms with Crippen molar-refractivity contribution >= 4 is 11.9 Å². The van der Waals surface area contributed by atoms with Crippen LogP contribution in [0.25, 0.3) is 0 Å². The zero-order valence-corrected chi connectivity index (χ0v) is 17.0. The Morgan fingerprint density at radius 3 is 2.25 bits per heavy atom. The minimum atomic E-state index is -2.84. The van der Waals surface area contributed by atoms with Gasteiger partial charge in [0.05, 0.1) is 25.4 Å². The van der Waals surface area contributed by atoms with Crippen LogP contribution < -0.4 is 5.32 Å². The van der Waals surface area contributed by atoms with Gasteiger partial charge in [-0.05, 0) is 0 Å². The van der Waals surface area contributed by atoms with E-state index in [1.54, 1.807) is 0 Å². The maximum Gasteiger partial charge on any atom is 0.364 e. The molecule has 2 aliphatic rings. The fourth-order valence-electron chi connectivity index (χ4n) is 3.60. The van der Waals surface area contributed by atoms with E-state index in [4.69, 9.17) is 19.3 Å². The predicted molar refractivity (Wildman–Crippen MR) is 97.4 cm³/mol. The number of nitrogens with one attached hydrogen (secondary N) is 1. The molecule has 0 aliphatic carbocycles. The number of carbonyl (C=O) groups is 2. The van der Waals surface area contributed by atoms with Gasteiger partial charge in [0, 0.05) is 13.3 Å². The van der Waals surface area contributed by atoms with E-state index in [0.717, 1.165) is 6.92 Å². The number of carboxylic acid groups (broad SMARTS) is 1. The first kappa shape index (κ1) is 26.7. The number of ether oxygens (including phenoxy) is 3. The molecule has 32 heavy (non-hydrogen) atoms. The number of aliphatic carboxylic acids is 1. The third-order valence-corrected chi connectivity index (χ3v) is 5.34. The second-order valence-electron chi connectivity index (χ2n) is 7.69. The third kappa shape index (κ3) is 5.35. The highest BCUT2D eigenvalue weighted by atomic mass is 16.8. The van der Waals surface area contributed by atoms with Crippen molar-refractivity contribution in [3.05, 3.63) is 0 Å². The molecule has 11 atom stereocenters. The molecule has 0 spiro atoms. The van der Waals surface area contributed by atoms with Crippen LogP contribution in [0.3, 0.4) is 0 Å². The lowest BCUT2D eigenvalue weighted by atomic mass is 9.88. The number of hydrogen-bond donors (Lipinski definition) is 10. The molecule has 0 bridgehead atoms. The Hall–Kier alpha value is -1.50. The van der Waals surface area contributed by atoms with E-state index in [0.29, 0.717) is 0 Å². The first-order chi connectivity index (χ1) is 14.9. The molecule has 2 fully saturated rings. The van der Waals surface area contributed by atoms with Gasteiger partial charge in [0.2, 0.25) is 5.91 Å². The van der Waals surface area contributed by atoms with Gasteiger partial charge in [0.1, 0.15) is 42.7 Å². The van der Waals surface area contributed by atoms with Crippen molar-refractivity contribution in [3.63, 3.8) is 0 Å². The summed E-state index contributed by atoms with van der Waals surface area (Å²) in [5.74, 6) is -5.40. The van der Waals surface area contributed by atoms with Crippen LogP contribution in [0.5, 0.6) is 0 Å². The van der Waals surface area contributed by atoms with Gasteiger partial charge >= 0.3 is 5.97 Å². The van der Waals surface area contributed by atoms with Gasteiger partial charge in [-0.2, -0.15) is 0 Å². The van der Waals surface area contributed by atoms with Gasteiger partial charge in [0.25, 0.3) is 5.79 Å². The molecule has 10 N–H and O–H groups in total. The average molecular weight is 471 g/mol. The van der Waals surface area contributed by atoms with Gasteiger partial charge in [0.15, 0.2) is 6.29 Å². The second-order valence-corrected chi connectivity index (χ2v) is 7.69. The molecule has 1 unspecified atom stereocenters. The van der Waals surface area contributed by atoms with E-state index >= 15 is 0 Å². The van der Waals surface area contributed by atoms with E-state index in [9.17, 15) is 50.4 Å². The van der Waals surface area contributed by atoms with Crippen molar-refractivity contribution in [2.24, 2.45) is 0 Å². The molecular formula is C17H29NO14. The smallest absolute Gasteiger partial charge is 0.364 e. The highest BCUT2D eigenvalue weighted by Crippen LogP contribution is 2.36. The van der Waals surface area contributed by atoms with Gasteiger partial charge in [-0.25, -0.2) is 4.79 Å². The highest BCUT2D eigenvalue weighted by molar-refractivity contribution is 5.76. The van der Waals surface area contributed by atoms with E-state index in [1.165, 1.54) is 0 Å². The molecule has 0 radical (unpaired) electrons. The minimum absolute atomic E-state index is 0.689. The Morgan fingerprint density at radius 2 is 1.75 bits per heavy atom. The highest BCUT2D eigenvalue weighted by Gasteiger charge is 2.58. The largest absolute Gasteiger partial charge is 0.477 e.